The predicted octanol–water partition coefficient (Wildman–Crippen LogP) is 2.54. The molecule has 3 rings (SSSR count). The smallest absolute Gasteiger partial charge is 0.231 e. The van der Waals surface area contributed by atoms with Crippen LogP contribution in [0.1, 0.15) is 68.7 Å². The minimum atomic E-state index is -0.000461. The van der Waals surface area contributed by atoms with E-state index in [0.717, 1.165) is 12.8 Å². The lowest BCUT2D eigenvalue weighted by atomic mass is 9.95. The summed E-state index contributed by atoms with van der Waals surface area (Å²) in [4.78, 5) is 4.58. The minimum Gasteiger partial charge on any atom is -0.373 e. The number of nitrogens with zero attached hydrogens (tertiary/aromatic N) is 2. The first kappa shape index (κ1) is 13.1. The van der Waals surface area contributed by atoms with Crippen LogP contribution in [0.2, 0.25) is 0 Å². The molecular formula is C14H23N3O2. The number of aromatic nitrogens is 2. The number of rotatable bonds is 4. The lowest BCUT2D eigenvalue weighted by Crippen LogP contribution is -2.27. The topological polar surface area (TPSA) is 74.2 Å². The molecule has 2 saturated carbocycles. The van der Waals surface area contributed by atoms with Crippen LogP contribution in [0.15, 0.2) is 4.52 Å². The summed E-state index contributed by atoms with van der Waals surface area (Å²) in [5.41, 5.74) is 6.24. The molecule has 1 aromatic heterocycles. The molecule has 2 N–H and O–H groups in total. The molecule has 0 saturated heterocycles. The monoisotopic (exact) mass is 265 g/mol. The molecule has 106 valence electrons. The quantitative estimate of drug-likeness (QED) is 0.847. The molecule has 0 aliphatic heterocycles. The van der Waals surface area contributed by atoms with E-state index in [0.29, 0.717) is 17.6 Å². The third-order valence-corrected chi connectivity index (χ3v) is 4.40. The molecule has 3 atom stereocenters. The van der Waals surface area contributed by atoms with E-state index in [1.165, 1.54) is 32.1 Å². The van der Waals surface area contributed by atoms with E-state index in [9.17, 15) is 0 Å². The first-order valence-electron chi connectivity index (χ1n) is 7.41. The second kappa shape index (κ2) is 5.59. The fourth-order valence-electron chi connectivity index (χ4n) is 3.06. The molecular weight excluding hydrogens is 242 g/mol. The molecule has 1 aromatic rings. The van der Waals surface area contributed by atoms with Crippen LogP contribution < -0.4 is 5.73 Å². The predicted molar refractivity (Wildman–Crippen MR) is 70.6 cm³/mol. The fraction of sp³-hybridized carbons (Fsp3) is 0.857. The molecule has 2 aliphatic carbocycles. The van der Waals surface area contributed by atoms with Crippen LogP contribution in [0, 0.1) is 5.92 Å². The number of ether oxygens (including phenoxy) is 1. The van der Waals surface area contributed by atoms with Crippen LogP contribution in [0.5, 0.6) is 0 Å². The molecule has 0 aromatic carbocycles. The Morgan fingerprint density at radius 2 is 2.00 bits per heavy atom. The average molecular weight is 265 g/mol. The van der Waals surface area contributed by atoms with Crippen molar-refractivity contribution in [3.05, 3.63) is 11.7 Å². The summed E-state index contributed by atoms with van der Waals surface area (Å²) in [6, 6.07) is 0.151. The Balaban J connectivity index is 1.75. The normalized spacial score (nSPS) is 30.0. The zero-order valence-electron chi connectivity index (χ0n) is 11.5. The maximum Gasteiger partial charge on any atom is 0.231 e. The summed E-state index contributed by atoms with van der Waals surface area (Å²) in [5, 5.41) is 4.12. The van der Waals surface area contributed by atoms with Gasteiger partial charge >= 0.3 is 0 Å². The van der Waals surface area contributed by atoms with Crippen molar-refractivity contribution in [3.8, 4) is 0 Å². The van der Waals surface area contributed by atoms with Gasteiger partial charge in [-0.3, -0.25) is 0 Å². The van der Waals surface area contributed by atoms with Gasteiger partial charge in [0.25, 0.3) is 0 Å². The SMILES string of the molecule is COC(c1noc(C2CCCCCC2N)n1)C1CC1. The van der Waals surface area contributed by atoms with Gasteiger partial charge in [-0.15, -0.1) is 0 Å². The summed E-state index contributed by atoms with van der Waals surface area (Å²) in [6.07, 6.45) is 8.18. The molecule has 5 heteroatoms. The highest BCUT2D eigenvalue weighted by Crippen LogP contribution is 2.42. The van der Waals surface area contributed by atoms with Gasteiger partial charge in [0.15, 0.2) is 0 Å². The third kappa shape index (κ3) is 2.82. The second-order valence-corrected chi connectivity index (χ2v) is 5.89. The fourth-order valence-corrected chi connectivity index (χ4v) is 3.06. The van der Waals surface area contributed by atoms with E-state index in [1.807, 2.05) is 0 Å². The lowest BCUT2D eigenvalue weighted by molar-refractivity contribution is 0.0751. The standard InChI is InChI=1S/C14H23N3O2/c1-18-12(9-7-8-9)13-16-14(19-17-13)10-5-3-2-4-6-11(10)15/h9-12H,2-8,15H2,1H3. The molecule has 1 heterocycles. The van der Waals surface area contributed by atoms with Gasteiger partial charge in [0.2, 0.25) is 11.7 Å². The summed E-state index contributed by atoms with van der Waals surface area (Å²) in [7, 11) is 1.72. The summed E-state index contributed by atoms with van der Waals surface area (Å²) >= 11 is 0. The van der Waals surface area contributed by atoms with E-state index >= 15 is 0 Å². The Kier molecular flexibility index (Phi) is 3.84. The van der Waals surface area contributed by atoms with Crippen LogP contribution >= 0.6 is 0 Å². The minimum absolute atomic E-state index is 0.000461. The highest BCUT2D eigenvalue weighted by Gasteiger charge is 2.36. The Labute approximate surface area is 113 Å². The van der Waals surface area contributed by atoms with Crippen LogP contribution in [0.25, 0.3) is 0 Å². The van der Waals surface area contributed by atoms with Gasteiger partial charge in [-0.2, -0.15) is 4.98 Å². The molecule has 2 fully saturated rings. The largest absolute Gasteiger partial charge is 0.373 e. The molecule has 0 bridgehead atoms. The maximum absolute atomic E-state index is 6.24. The van der Waals surface area contributed by atoms with Crippen LogP contribution in [-0.2, 0) is 4.74 Å². The molecule has 5 nitrogen and oxygen atoms in total. The number of hydrogen-bond acceptors (Lipinski definition) is 5. The zero-order valence-corrected chi connectivity index (χ0v) is 11.5. The van der Waals surface area contributed by atoms with Crippen molar-refractivity contribution in [2.75, 3.05) is 7.11 Å². The number of hydrogen-bond donors (Lipinski definition) is 1. The zero-order chi connectivity index (χ0) is 13.2. The van der Waals surface area contributed by atoms with Crippen molar-refractivity contribution in [1.29, 1.82) is 0 Å². The molecule has 0 amide bonds. The van der Waals surface area contributed by atoms with Crippen molar-refractivity contribution < 1.29 is 9.26 Å². The lowest BCUT2D eigenvalue weighted by Gasteiger charge is -2.16. The van der Waals surface area contributed by atoms with Crippen LogP contribution in [0.4, 0.5) is 0 Å². The summed E-state index contributed by atoms with van der Waals surface area (Å²) in [5.74, 6) is 2.21. The van der Waals surface area contributed by atoms with Gasteiger partial charge in [0.1, 0.15) is 6.10 Å². The van der Waals surface area contributed by atoms with E-state index < -0.39 is 0 Å². The van der Waals surface area contributed by atoms with Crippen molar-refractivity contribution in [1.82, 2.24) is 10.1 Å². The Hall–Kier alpha value is -0.940. The number of methoxy groups -OCH3 is 1. The number of nitrogens with two attached hydrogens (primary N) is 1. The van der Waals surface area contributed by atoms with Gasteiger partial charge in [-0.05, 0) is 31.6 Å². The highest BCUT2D eigenvalue weighted by atomic mass is 16.5. The van der Waals surface area contributed by atoms with Crippen molar-refractivity contribution in [2.24, 2.45) is 11.7 Å². The first-order valence-corrected chi connectivity index (χ1v) is 7.41. The molecule has 0 spiro atoms. The Morgan fingerprint density at radius 3 is 2.74 bits per heavy atom. The van der Waals surface area contributed by atoms with Crippen LogP contribution in [0.3, 0.4) is 0 Å². The van der Waals surface area contributed by atoms with E-state index in [4.69, 9.17) is 15.0 Å². The van der Waals surface area contributed by atoms with Gasteiger partial charge in [0.05, 0.1) is 5.92 Å². The molecule has 2 aliphatic rings. The van der Waals surface area contributed by atoms with Gasteiger partial charge < -0.3 is 15.0 Å². The highest BCUT2D eigenvalue weighted by molar-refractivity contribution is 5.03. The Bertz CT molecular complexity index is 417. The van der Waals surface area contributed by atoms with Gasteiger partial charge in [-0.1, -0.05) is 24.4 Å². The second-order valence-electron chi connectivity index (χ2n) is 5.89. The van der Waals surface area contributed by atoms with Crippen LogP contribution in [-0.4, -0.2) is 23.3 Å². The third-order valence-electron chi connectivity index (χ3n) is 4.40. The van der Waals surface area contributed by atoms with Crippen molar-refractivity contribution >= 4 is 0 Å². The molecule has 19 heavy (non-hydrogen) atoms. The van der Waals surface area contributed by atoms with Crippen molar-refractivity contribution in [2.45, 2.75) is 63.0 Å². The molecule has 3 unspecified atom stereocenters. The van der Waals surface area contributed by atoms with E-state index in [1.54, 1.807) is 7.11 Å². The summed E-state index contributed by atoms with van der Waals surface area (Å²) in [6.45, 7) is 0. The van der Waals surface area contributed by atoms with E-state index in [2.05, 4.69) is 10.1 Å². The Morgan fingerprint density at radius 1 is 1.21 bits per heavy atom. The first-order chi connectivity index (χ1) is 9.29. The van der Waals surface area contributed by atoms with Crippen molar-refractivity contribution in [3.63, 3.8) is 0 Å². The van der Waals surface area contributed by atoms with Gasteiger partial charge in [-0.25, -0.2) is 0 Å². The average Bonchev–Trinajstić information content (AvgIpc) is 3.16. The maximum atomic E-state index is 6.24. The van der Waals surface area contributed by atoms with Gasteiger partial charge in [0, 0.05) is 13.2 Å². The molecule has 0 radical (unpaired) electrons. The summed E-state index contributed by atoms with van der Waals surface area (Å²) < 4.78 is 11.0. The van der Waals surface area contributed by atoms with E-state index in [-0.39, 0.29) is 18.1 Å².